The third kappa shape index (κ3) is 4.75. The maximum absolute atomic E-state index is 13.9. The number of ketones is 1. The van der Waals surface area contributed by atoms with Gasteiger partial charge < -0.3 is 14.7 Å². The highest BCUT2D eigenvalue weighted by molar-refractivity contribution is 5.84. The van der Waals surface area contributed by atoms with Crippen molar-refractivity contribution in [2.45, 2.75) is 25.1 Å². The Labute approximate surface area is 191 Å². The van der Waals surface area contributed by atoms with E-state index in [9.17, 15) is 23.1 Å². The molecule has 0 spiro atoms. The molecule has 0 radical (unpaired) electrons. The number of halogens is 3. The fourth-order valence-corrected chi connectivity index (χ4v) is 3.38. The van der Waals surface area contributed by atoms with Gasteiger partial charge in [-0.2, -0.15) is 23.3 Å². The average molecular weight is 472 g/mol. The summed E-state index contributed by atoms with van der Waals surface area (Å²) in [6.07, 6.45) is -4.78. The van der Waals surface area contributed by atoms with Crippen LogP contribution < -0.4 is 0 Å². The summed E-state index contributed by atoms with van der Waals surface area (Å²) in [6, 6.07) is 13.9. The molecule has 2 aromatic heterocycles. The van der Waals surface area contributed by atoms with E-state index in [1.165, 1.54) is 36.4 Å². The van der Waals surface area contributed by atoms with Crippen LogP contribution in [-0.4, -0.2) is 42.5 Å². The van der Waals surface area contributed by atoms with Crippen molar-refractivity contribution in [3.05, 3.63) is 72.1 Å². The summed E-state index contributed by atoms with van der Waals surface area (Å²) in [4.78, 5) is 16.0. The first-order valence-corrected chi connectivity index (χ1v) is 10.3. The second-order valence-corrected chi connectivity index (χ2v) is 7.39. The van der Waals surface area contributed by atoms with E-state index in [4.69, 9.17) is 9.63 Å². The van der Waals surface area contributed by atoms with E-state index >= 15 is 0 Å². The lowest BCUT2D eigenvalue weighted by Gasteiger charge is -2.11. The van der Waals surface area contributed by atoms with Crippen molar-refractivity contribution in [3.63, 3.8) is 0 Å². The van der Waals surface area contributed by atoms with Gasteiger partial charge in [0.25, 0.3) is 5.89 Å². The molecule has 34 heavy (non-hydrogen) atoms. The smallest absolute Gasteiger partial charge is 0.396 e. The molecule has 0 aliphatic carbocycles. The number of nitrogens with zero attached hydrogens (tertiary/aromatic N) is 4. The Hall–Kier alpha value is -3.83. The lowest BCUT2D eigenvalue weighted by Crippen LogP contribution is -2.14. The van der Waals surface area contributed by atoms with Gasteiger partial charge in [-0.3, -0.25) is 4.79 Å². The van der Waals surface area contributed by atoms with Crippen LogP contribution in [0.25, 0.3) is 28.5 Å². The number of carbonyl (C=O) groups excluding carboxylic acids is 1. The predicted octanol–water partition coefficient (Wildman–Crippen LogP) is 3.98. The van der Waals surface area contributed by atoms with Crippen molar-refractivity contribution in [1.82, 2.24) is 19.9 Å². The lowest BCUT2D eigenvalue weighted by atomic mass is 10.0. The zero-order chi connectivity index (χ0) is 24.3. The Balaban J connectivity index is 1.62. The van der Waals surface area contributed by atoms with Gasteiger partial charge in [-0.15, -0.1) is 0 Å². The number of carbonyl (C=O) groups is 1. The summed E-state index contributed by atoms with van der Waals surface area (Å²) in [5.74, 6) is -0.755. The first-order valence-electron chi connectivity index (χ1n) is 10.3. The van der Waals surface area contributed by atoms with Crippen molar-refractivity contribution in [3.8, 4) is 28.5 Å². The topological polar surface area (TPSA) is 114 Å². The van der Waals surface area contributed by atoms with Crippen LogP contribution in [0.1, 0.15) is 30.2 Å². The van der Waals surface area contributed by atoms with Gasteiger partial charge >= 0.3 is 6.18 Å². The summed E-state index contributed by atoms with van der Waals surface area (Å²) < 4.78 is 47.5. The van der Waals surface area contributed by atoms with Crippen LogP contribution >= 0.6 is 0 Å². The van der Waals surface area contributed by atoms with Gasteiger partial charge in [-0.1, -0.05) is 47.6 Å². The molecule has 1 atom stereocenters. The Morgan fingerprint density at radius 3 is 2.44 bits per heavy atom. The predicted molar refractivity (Wildman–Crippen MR) is 114 cm³/mol. The number of Topliss-reactive ketones (excluding diaryl/α,β-unsaturated/α-hetero) is 1. The number of benzene rings is 2. The number of aliphatic hydroxyl groups is 2. The van der Waals surface area contributed by atoms with Gasteiger partial charge in [0, 0.05) is 18.6 Å². The van der Waals surface area contributed by atoms with E-state index in [-0.39, 0.29) is 42.4 Å². The molecule has 4 aromatic rings. The molecule has 0 fully saturated rings. The minimum atomic E-state index is -4.74. The van der Waals surface area contributed by atoms with Crippen LogP contribution in [0.4, 0.5) is 13.2 Å². The first-order chi connectivity index (χ1) is 16.3. The molecule has 2 aromatic carbocycles. The molecule has 0 aliphatic heterocycles. The fraction of sp³-hybridized carbons (Fsp3) is 0.217. The van der Waals surface area contributed by atoms with Crippen molar-refractivity contribution in [2.24, 2.45) is 0 Å². The monoisotopic (exact) mass is 472 g/mol. The van der Waals surface area contributed by atoms with Crippen molar-refractivity contribution >= 4 is 5.78 Å². The van der Waals surface area contributed by atoms with Gasteiger partial charge in [0.1, 0.15) is 6.10 Å². The van der Waals surface area contributed by atoms with Gasteiger partial charge in [-0.25, -0.2) is 4.68 Å². The number of hydrogen-bond acceptors (Lipinski definition) is 7. The maximum Gasteiger partial charge on any atom is 0.434 e. The van der Waals surface area contributed by atoms with Crippen LogP contribution in [0.5, 0.6) is 0 Å². The van der Waals surface area contributed by atoms with Crippen LogP contribution in [0.15, 0.2) is 65.3 Å². The summed E-state index contributed by atoms with van der Waals surface area (Å²) in [5.41, 5.74) is -0.439. The minimum Gasteiger partial charge on any atom is -0.396 e. The quantitative estimate of drug-likeness (QED) is 0.399. The Morgan fingerprint density at radius 2 is 1.79 bits per heavy atom. The zero-order valence-electron chi connectivity index (χ0n) is 17.6. The fourth-order valence-electron chi connectivity index (χ4n) is 3.38. The number of aliphatic hydroxyl groups excluding tert-OH is 2. The second-order valence-electron chi connectivity index (χ2n) is 7.39. The summed E-state index contributed by atoms with van der Waals surface area (Å²) in [6.45, 7) is -0.155. The van der Waals surface area contributed by atoms with E-state index in [0.29, 0.717) is 11.1 Å². The second kappa shape index (κ2) is 9.57. The molecule has 0 saturated heterocycles. The number of para-hydroxylation sites is 1. The molecule has 0 amide bonds. The van der Waals surface area contributed by atoms with E-state index < -0.39 is 23.8 Å². The maximum atomic E-state index is 13.9. The van der Waals surface area contributed by atoms with Gasteiger partial charge in [0.15, 0.2) is 11.5 Å². The van der Waals surface area contributed by atoms with Crippen LogP contribution in [0, 0.1) is 0 Å². The van der Waals surface area contributed by atoms with Crippen LogP contribution in [0.3, 0.4) is 0 Å². The Morgan fingerprint density at radius 1 is 1.09 bits per heavy atom. The summed E-state index contributed by atoms with van der Waals surface area (Å²) in [5, 5.41) is 26.6. The molecule has 2 N–H and O–H groups in total. The number of hydrogen-bond donors (Lipinski definition) is 2. The highest BCUT2D eigenvalue weighted by Gasteiger charge is 2.40. The summed E-state index contributed by atoms with van der Waals surface area (Å²) in [7, 11) is 0. The molecule has 1 unspecified atom stereocenters. The number of aromatic nitrogens is 4. The Kier molecular flexibility index (Phi) is 6.57. The molecule has 8 nitrogen and oxygen atoms in total. The molecular formula is C23H19F3N4O4. The zero-order valence-corrected chi connectivity index (χ0v) is 17.6. The summed E-state index contributed by atoms with van der Waals surface area (Å²) >= 11 is 0. The van der Waals surface area contributed by atoms with Gasteiger partial charge in [0.05, 0.1) is 17.4 Å². The molecular weight excluding hydrogens is 453 g/mol. The van der Waals surface area contributed by atoms with Crippen molar-refractivity contribution in [1.29, 1.82) is 0 Å². The largest absolute Gasteiger partial charge is 0.434 e. The molecule has 4 rings (SSSR count). The number of alkyl halides is 3. The van der Waals surface area contributed by atoms with Crippen LogP contribution in [0.2, 0.25) is 0 Å². The third-order valence-electron chi connectivity index (χ3n) is 5.07. The standard InChI is InChI=1S/C23H19F3N4O4/c24-23(25,26)20-17(13-27-30(20)16-5-2-1-3-6-16)22-28-21(29-34-22)15-10-8-14(9-11-15)19(33)18(32)7-4-12-31/h1-3,5-6,8-11,13,19,31,33H,4,7,12H2. The SMILES string of the molecule is O=C(CCCO)C(O)c1ccc(-c2noc(-c3cnn(-c4ccccc4)c3C(F)(F)F)n2)cc1. The van der Waals surface area contributed by atoms with Crippen LogP contribution in [-0.2, 0) is 11.0 Å². The van der Waals surface area contributed by atoms with Crippen molar-refractivity contribution < 1.29 is 32.7 Å². The average Bonchev–Trinajstić information content (AvgIpc) is 3.50. The van der Waals surface area contributed by atoms with Gasteiger partial charge in [0.2, 0.25) is 5.82 Å². The van der Waals surface area contributed by atoms with E-state index in [0.717, 1.165) is 10.9 Å². The van der Waals surface area contributed by atoms with E-state index in [1.54, 1.807) is 18.2 Å². The highest BCUT2D eigenvalue weighted by Crippen LogP contribution is 2.38. The molecule has 176 valence electrons. The number of rotatable bonds is 8. The molecule has 2 heterocycles. The molecule has 0 bridgehead atoms. The first kappa shape index (κ1) is 23.3. The Bertz CT molecular complexity index is 1270. The van der Waals surface area contributed by atoms with Crippen molar-refractivity contribution in [2.75, 3.05) is 6.61 Å². The van der Waals surface area contributed by atoms with E-state index in [1.807, 2.05) is 0 Å². The van der Waals surface area contributed by atoms with E-state index in [2.05, 4.69) is 15.2 Å². The molecule has 0 saturated carbocycles. The van der Waals surface area contributed by atoms with Gasteiger partial charge in [-0.05, 0) is 24.1 Å². The normalized spacial score (nSPS) is 12.6. The molecule has 0 aliphatic rings. The third-order valence-corrected chi connectivity index (χ3v) is 5.07. The highest BCUT2D eigenvalue weighted by atomic mass is 19.4. The lowest BCUT2D eigenvalue weighted by molar-refractivity contribution is -0.142. The molecule has 11 heteroatoms. The minimum absolute atomic E-state index is 0.0308.